The summed E-state index contributed by atoms with van der Waals surface area (Å²) in [5, 5.41) is 9.40. The van der Waals surface area contributed by atoms with Gasteiger partial charge in [0, 0.05) is 13.7 Å². The van der Waals surface area contributed by atoms with E-state index in [0.29, 0.717) is 26.0 Å². The summed E-state index contributed by atoms with van der Waals surface area (Å²) in [6.07, 6.45) is 0.845. The van der Waals surface area contributed by atoms with E-state index >= 15 is 0 Å². The van der Waals surface area contributed by atoms with E-state index in [-0.39, 0.29) is 12.0 Å². The number of carbonyl (C=O) groups is 1. The number of methoxy groups -OCH3 is 1. The van der Waals surface area contributed by atoms with Gasteiger partial charge in [-0.25, -0.2) is 4.79 Å². The second-order valence-electron chi connectivity index (χ2n) is 7.44. The molecule has 1 aliphatic heterocycles. The Balaban J connectivity index is 2.33. The molecule has 130 valence electrons. The molecule has 0 aliphatic carbocycles. The highest BCUT2D eigenvalue weighted by molar-refractivity contribution is 5.70. The first-order valence-electron chi connectivity index (χ1n) is 8.23. The van der Waals surface area contributed by atoms with Crippen LogP contribution in [-0.4, -0.2) is 42.4 Å². The Bertz CT molecular complexity index is 603. The van der Waals surface area contributed by atoms with Gasteiger partial charge >= 0.3 is 6.09 Å². The van der Waals surface area contributed by atoms with Gasteiger partial charge in [-0.1, -0.05) is 30.3 Å². The first-order chi connectivity index (χ1) is 11.3. The molecule has 0 spiro atoms. The summed E-state index contributed by atoms with van der Waals surface area (Å²) in [5.41, 5.74) is -0.0200. The Hall–Kier alpha value is -2.06. The molecule has 1 aliphatic rings. The third-order valence-corrected chi connectivity index (χ3v) is 4.19. The predicted octanol–water partition coefficient (Wildman–Crippen LogP) is 3.39. The maximum absolute atomic E-state index is 12.7. The largest absolute Gasteiger partial charge is 0.444 e. The number of nitriles is 1. The van der Waals surface area contributed by atoms with Crippen molar-refractivity contribution in [3.63, 3.8) is 0 Å². The van der Waals surface area contributed by atoms with Gasteiger partial charge in [0.05, 0.1) is 24.1 Å². The summed E-state index contributed by atoms with van der Waals surface area (Å²) in [6, 6.07) is 12.3. The van der Waals surface area contributed by atoms with Crippen molar-refractivity contribution in [1.29, 1.82) is 5.26 Å². The first kappa shape index (κ1) is 18.3. The summed E-state index contributed by atoms with van der Waals surface area (Å²) in [4.78, 5) is 14.4. The summed E-state index contributed by atoms with van der Waals surface area (Å²) >= 11 is 0. The van der Waals surface area contributed by atoms with Gasteiger partial charge in [0.15, 0.2) is 0 Å². The van der Waals surface area contributed by atoms with Crippen LogP contribution < -0.4 is 0 Å². The molecule has 0 aromatic heterocycles. The molecule has 2 rings (SSSR count). The smallest absolute Gasteiger partial charge is 0.410 e. The molecule has 0 radical (unpaired) electrons. The van der Waals surface area contributed by atoms with Crippen molar-refractivity contribution in [3.05, 3.63) is 35.9 Å². The van der Waals surface area contributed by atoms with Gasteiger partial charge in [-0.15, -0.1) is 0 Å². The molecular formula is C19H26N2O3. The van der Waals surface area contributed by atoms with Crippen LogP contribution in [0, 0.1) is 17.2 Å². The summed E-state index contributed by atoms with van der Waals surface area (Å²) in [7, 11) is 1.62. The molecule has 0 bridgehead atoms. The summed E-state index contributed by atoms with van der Waals surface area (Å²) < 4.78 is 11.0. The van der Waals surface area contributed by atoms with E-state index in [0.717, 1.165) is 5.56 Å². The number of nitrogens with zero attached hydrogens (tertiary/aromatic N) is 2. The van der Waals surface area contributed by atoms with E-state index in [2.05, 4.69) is 6.07 Å². The second-order valence-corrected chi connectivity index (χ2v) is 7.44. The van der Waals surface area contributed by atoms with Crippen molar-refractivity contribution in [2.45, 2.75) is 44.8 Å². The number of hydrogen-bond acceptors (Lipinski definition) is 4. The zero-order chi connectivity index (χ0) is 17.8. The molecule has 24 heavy (non-hydrogen) atoms. The van der Waals surface area contributed by atoms with Crippen molar-refractivity contribution in [2.75, 3.05) is 20.3 Å². The van der Waals surface area contributed by atoms with E-state index in [1.165, 1.54) is 0 Å². The number of carbonyl (C=O) groups excluding carboxylic acids is 1. The summed E-state index contributed by atoms with van der Waals surface area (Å²) in [6.45, 7) is 6.29. The first-order valence-corrected chi connectivity index (χ1v) is 8.23. The molecular weight excluding hydrogens is 304 g/mol. The zero-order valence-electron chi connectivity index (χ0n) is 14.9. The van der Waals surface area contributed by atoms with Crippen molar-refractivity contribution in [2.24, 2.45) is 5.92 Å². The number of amides is 1. The van der Waals surface area contributed by atoms with E-state index in [1.807, 2.05) is 51.1 Å². The van der Waals surface area contributed by atoms with Crippen molar-refractivity contribution in [1.82, 2.24) is 4.90 Å². The third kappa shape index (κ3) is 4.27. The molecule has 1 heterocycles. The highest BCUT2D eigenvalue weighted by atomic mass is 16.6. The number of hydrogen-bond donors (Lipinski definition) is 0. The quantitative estimate of drug-likeness (QED) is 0.849. The van der Waals surface area contributed by atoms with Crippen LogP contribution >= 0.6 is 0 Å². The highest BCUT2D eigenvalue weighted by Crippen LogP contribution is 2.37. The van der Waals surface area contributed by atoms with Gasteiger partial charge in [-0.2, -0.15) is 5.26 Å². The van der Waals surface area contributed by atoms with Crippen LogP contribution in [0.2, 0.25) is 0 Å². The number of rotatable bonds is 4. The second kappa shape index (κ2) is 7.23. The lowest BCUT2D eigenvalue weighted by Gasteiger charge is -2.38. The molecule has 0 unspecified atom stereocenters. The average Bonchev–Trinajstić information content (AvgIpc) is 2.85. The Kier molecular flexibility index (Phi) is 5.51. The van der Waals surface area contributed by atoms with Crippen LogP contribution in [-0.2, 0) is 15.9 Å². The van der Waals surface area contributed by atoms with Crippen molar-refractivity contribution < 1.29 is 14.3 Å². The molecule has 2 atom stereocenters. The van der Waals surface area contributed by atoms with Gasteiger partial charge in [-0.3, -0.25) is 4.90 Å². The van der Waals surface area contributed by atoms with Gasteiger partial charge in [0.1, 0.15) is 5.60 Å². The normalized spacial score (nSPS) is 23.8. The molecule has 0 N–H and O–H groups in total. The molecule has 0 saturated carbocycles. The standard InChI is InChI=1S/C19H26N2O3/c1-18(2,3)24-17(22)21-13-16(12-20)11-19(21,14-23-4)10-15-8-6-5-7-9-15/h5-9,16H,10-11,13-14H2,1-4H3/t16-,19-/m1/s1. The monoisotopic (exact) mass is 330 g/mol. The maximum Gasteiger partial charge on any atom is 0.410 e. The minimum atomic E-state index is -0.576. The van der Waals surface area contributed by atoms with Crippen LogP contribution in [0.4, 0.5) is 4.79 Å². The molecule has 1 saturated heterocycles. The fraction of sp³-hybridized carbons (Fsp3) is 0.579. The molecule has 1 aromatic rings. The van der Waals surface area contributed by atoms with Gasteiger partial charge in [0.25, 0.3) is 0 Å². The Labute approximate surface area is 144 Å². The predicted molar refractivity (Wildman–Crippen MR) is 91.4 cm³/mol. The fourth-order valence-corrected chi connectivity index (χ4v) is 3.32. The number of benzene rings is 1. The summed E-state index contributed by atoms with van der Waals surface area (Å²) in [5.74, 6) is -0.212. The fourth-order valence-electron chi connectivity index (χ4n) is 3.32. The van der Waals surface area contributed by atoms with Gasteiger partial charge in [0.2, 0.25) is 0 Å². The SMILES string of the molecule is COC[C@@]1(Cc2ccccc2)C[C@H](C#N)CN1C(=O)OC(C)(C)C. The Morgan fingerprint density at radius 2 is 2.04 bits per heavy atom. The lowest BCUT2D eigenvalue weighted by atomic mass is 9.86. The average molecular weight is 330 g/mol. The minimum Gasteiger partial charge on any atom is -0.444 e. The molecule has 1 aromatic carbocycles. The van der Waals surface area contributed by atoms with E-state index in [4.69, 9.17) is 9.47 Å². The van der Waals surface area contributed by atoms with Crippen LogP contribution in [0.5, 0.6) is 0 Å². The van der Waals surface area contributed by atoms with E-state index in [1.54, 1.807) is 12.0 Å². The number of likely N-dealkylation sites (tertiary alicyclic amines) is 1. The molecule has 1 amide bonds. The van der Waals surface area contributed by atoms with E-state index < -0.39 is 11.1 Å². The van der Waals surface area contributed by atoms with Gasteiger partial charge in [-0.05, 0) is 39.2 Å². The molecule has 5 nitrogen and oxygen atoms in total. The molecule has 5 heteroatoms. The lowest BCUT2D eigenvalue weighted by Crippen LogP contribution is -2.53. The zero-order valence-corrected chi connectivity index (χ0v) is 14.9. The van der Waals surface area contributed by atoms with Gasteiger partial charge < -0.3 is 9.47 Å². The van der Waals surface area contributed by atoms with Crippen LogP contribution in [0.1, 0.15) is 32.8 Å². The lowest BCUT2D eigenvalue weighted by molar-refractivity contribution is -0.0108. The number of ether oxygens (including phenoxy) is 2. The molecule has 1 fully saturated rings. The Morgan fingerprint density at radius 3 is 2.58 bits per heavy atom. The van der Waals surface area contributed by atoms with E-state index in [9.17, 15) is 10.1 Å². The topological polar surface area (TPSA) is 62.6 Å². The van der Waals surface area contributed by atoms with Crippen molar-refractivity contribution in [3.8, 4) is 6.07 Å². The van der Waals surface area contributed by atoms with Crippen LogP contribution in [0.25, 0.3) is 0 Å². The maximum atomic E-state index is 12.7. The minimum absolute atomic E-state index is 0.212. The Morgan fingerprint density at radius 1 is 1.38 bits per heavy atom. The third-order valence-electron chi connectivity index (χ3n) is 4.19. The van der Waals surface area contributed by atoms with Crippen molar-refractivity contribution >= 4 is 6.09 Å². The van der Waals surface area contributed by atoms with Crippen LogP contribution in [0.15, 0.2) is 30.3 Å². The van der Waals surface area contributed by atoms with Crippen LogP contribution in [0.3, 0.4) is 0 Å². The highest BCUT2D eigenvalue weighted by Gasteiger charge is 2.49.